The number of aromatic nitrogens is 4. The number of methoxy groups -OCH3 is 1. The molecule has 8 nitrogen and oxygen atoms in total. The number of amides is 1. The molecule has 1 amide bonds. The van der Waals surface area contributed by atoms with E-state index in [4.69, 9.17) is 14.7 Å². The fourth-order valence-corrected chi connectivity index (χ4v) is 5.32. The van der Waals surface area contributed by atoms with Gasteiger partial charge < -0.3 is 19.9 Å². The highest BCUT2D eigenvalue weighted by Crippen LogP contribution is 2.43. The van der Waals surface area contributed by atoms with E-state index in [0.29, 0.717) is 16.5 Å². The third-order valence-electron chi connectivity index (χ3n) is 6.03. The first-order valence-corrected chi connectivity index (χ1v) is 12.2. The monoisotopic (exact) mass is 476 g/mol. The highest BCUT2D eigenvalue weighted by Gasteiger charge is 2.32. The lowest BCUT2D eigenvalue weighted by Gasteiger charge is -2.35. The smallest absolute Gasteiger partial charge is 0.262 e. The normalized spacial score (nSPS) is 17.7. The molecule has 1 aromatic carbocycles. The minimum atomic E-state index is -0.107. The van der Waals surface area contributed by atoms with Gasteiger partial charge in [-0.1, -0.05) is 30.3 Å². The number of carbonyl (C=O) groups is 1. The van der Waals surface area contributed by atoms with Crippen LogP contribution in [-0.2, 0) is 11.8 Å². The maximum Gasteiger partial charge on any atom is 0.262 e. The van der Waals surface area contributed by atoms with Crippen molar-refractivity contribution in [3.05, 3.63) is 47.6 Å². The summed E-state index contributed by atoms with van der Waals surface area (Å²) in [6.07, 6.45) is 5.68. The zero-order valence-corrected chi connectivity index (χ0v) is 20.5. The minimum absolute atomic E-state index is 0.0223. The number of ether oxygens (including phenoxy) is 1. The molecule has 0 aliphatic heterocycles. The second-order valence-corrected chi connectivity index (χ2v) is 9.91. The molecule has 1 saturated carbocycles. The summed E-state index contributed by atoms with van der Waals surface area (Å²) in [5, 5.41) is 7.53. The molecule has 5 rings (SSSR count). The van der Waals surface area contributed by atoms with Crippen molar-refractivity contribution in [2.75, 3.05) is 12.4 Å². The van der Waals surface area contributed by atoms with Crippen LogP contribution in [0.2, 0.25) is 0 Å². The van der Waals surface area contributed by atoms with Crippen LogP contribution in [0.4, 0.5) is 5.82 Å². The highest BCUT2D eigenvalue weighted by molar-refractivity contribution is 7.21. The molecular weight excluding hydrogens is 448 g/mol. The van der Waals surface area contributed by atoms with E-state index in [1.165, 1.54) is 11.3 Å². The Balaban J connectivity index is 1.72. The van der Waals surface area contributed by atoms with Gasteiger partial charge in [-0.2, -0.15) is 0 Å². The number of carbonyl (C=O) groups excluding carboxylic acids is 1. The number of nitrogens with one attached hydrogen (secondary N) is 2. The number of imidazole rings is 1. The Kier molecular flexibility index (Phi) is 6.05. The average molecular weight is 477 g/mol. The first-order valence-electron chi connectivity index (χ1n) is 11.4. The highest BCUT2D eigenvalue weighted by atomic mass is 32.1. The summed E-state index contributed by atoms with van der Waals surface area (Å²) in [6.45, 7) is 3.92. The van der Waals surface area contributed by atoms with Crippen LogP contribution in [0.3, 0.4) is 0 Å². The number of aryl methyl sites for hydroxylation is 1. The summed E-state index contributed by atoms with van der Waals surface area (Å²) < 4.78 is 7.36. The fraction of sp³-hybridized carbons (Fsp3) is 0.360. The van der Waals surface area contributed by atoms with Gasteiger partial charge in [0.05, 0.1) is 11.5 Å². The molecule has 34 heavy (non-hydrogen) atoms. The molecule has 0 bridgehead atoms. The summed E-state index contributed by atoms with van der Waals surface area (Å²) in [5.41, 5.74) is 1.82. The molecule has 0 atom stereocenters. The lowest BCUT2D eigenvalue weighted by molar-refractivity contribution is 0.0328. The van der Waals surface area contributed by atoms with Crippen LogP contribution >= 0.6 is 11.3 Å². The number of nitrogens with zero attached hydrogens (tertiary/aromatic N) is 4. The van der Waals surface area contributed by atoms with E-state index in [-0.39, 0.29) is 24.1 Å². The van der Waals surface area contributed by atoms with Crippen LogP contribution in [0.15, 0.2) is 42.7 Å². The predicted molar refractivity (Wildman–Crippen MR) is 135 cm³/mol. The van der Waals surface area contributed by atoms with E-state index in [2.05, 4.69) is 15.6 Å². The van der Waals surface area contributed by atoms with Crippen molar-refractivity contribution in [3.8, 4) is 22.8 Å². The molecule has 3 aromatic heterocycles. The van der Waals surface area contributed by atoms with Crippen molar-refractivity contribution in [2.24, 2.45) is 7.05 Å². The predicted octanol–water partition coefficient (Wildman–Crippen LogP) is 4.49. The number of anilines is 1. The van der Waals surface area contributed by atoms with Gasteiger partial charge in [0.25, 0.3) is 5.91 Å². The van der Waals surface area contributed by atoms with Gasteiger partial charge in [0, 0.05) is 44.2 Å². The minimum Gasteiger partial charge on any atom is -0.381 e. The van der Waals surface area contributed by atoms with Gasteiger partial charge in [-0.05, 0) is 32.3 Å². The number of hydrogen-bond donors (Lipinski definition) is 2. The first kappa shape index (κ1) is 22.5. The third kappa shape index (κ3) is 4.17. The Bertz CT molecular complexity index is 1320. The van der Waals surface area contributed by atoms with Gasteiger partial charge in [0.1, 0.15) is 15.5 Å². The van der Waals surface area contributed by atoms with Crippen molar-refractivity contribution in [1.82, 2.24) is 24.8 Å². The van der Waals surface area contributed by atoms with Crippen molar-refractivity contribution in [2.45, 2.75) is 44.9 Å². The second-order valence-electron chi connectivity index (χ2n) is 8.91. The van der Waals surface area contributed by atoms with E-state index < -0.39 is 0 Å². The SMILES string of the molecule is COC1CC(Nc2nc(-c3nccn3C)nc3sc(C(=O)NC(C)C)c(-c4ccccc4)c23)C1. The maximum atomic E-state index is 13.3. The van der Waals surface area contributed by atoms with Gasteiger partial charge in [0.2, 0.25) is 0 Å². The molecule has 1 aliphatic carbocycles. The van der Waals surface area contributed by atoms with Crippen molar-refractivity contribution in [1.29, 1.82) is 0 Å². The lowest BCUT2D eigenvalue weighted by atomic mass is 9.89. The van der Waals surface area contributed by atoms with Crippen LogP contribution in [0.5, 0.6) is 0 Å². The zero-order chi connectivity index (χ0) is 23.8. The lowest BCUT2D eigenvalue weighted by Crippen LogP contribution is -2.40. The molecule has 2 N–H and O–H groups in total. The van der Waals surface area contributed by atoms with E-state index >= 15 is 0 Å². The van der Waals surface area contributed by atoms with E-state index in [9.17, 15) is 4.79 Å². The second kappa shape index (κ2) is 9.15. The van der Waals surface area contributed by atoms with Crippen LogP contribution in [0.1, 0.15) is 36.4 Å². The topological polar surface area (TPSA) is 94.0 Å². The maximum absolute atomic E-state index is 13.3. The average Bonchev–Trinajstić information content (AvgIpc) is 3.39. The van der Waals surface area contributed by atoms with E-state index in [1.807, 2.05) is 62.0 Å². The van der Waals surface area contributed by atoms with Crippen molar-refractivity contribution in [3.63, 3.8) is 0 Å². The van der Waals surface area contributed by atoms with E-state index in [1.54, 1.807) is 13.3 Å². The summed E-state index contributed by atoms with van der Waals surface area (Å²) >= 11 is 1.39. The molecule has 0 saturated heterocycles. The Morgan fingerprint density at radius 1 is 1.21 bits per heavy atom. The van der Waals surface area contributed by atoms with Crippen molar-refractivity contribution < 1.29 is 9.53 Å². The number of benzene rings is 1. The van der Waals surface area contributed by atoms with Crippen LogP contribution < -0.4 is 10.6 Å². The molecule has 4 aromatic rings. The Hall–Kier alpha value is -3.30. The molecule has 0 spiro atoms. The molecule has 9 heteroatoms. The molecule has 176 valence electrons. The molecule has 0 unspecified atom stereocenters. The molecule has 1 aliphatic rings. The van der Waals surface area contributed by atoms with Gasteiger partial charge in [0.15, 0.2) is 11.6 Å². The van der Waals surface area contributed by atoms with Gasteiger partial charge in [-0.15, -0.1) is 11.3 Å². The van der Waals surface area contributed by atoms with Crippen LogP contribution in [0, 0.1) is 0 Å². The molecule has 3 heterocycles. The van der Waals surface area contributed by atoms with Crippen LogP contribution in [0.25, 0.3) is 33.0 Å². The first-order chi connectivity index (χ1) is 16.4. The number of hydrogen-bond acceptors (Lipinski definition) is 7. The summed E-state index contributed by atoms with van der Waals surface area (Å²) in [6, 6.07) is 10.2. The van der Waals surface area contributed by atoms with E-state index in [0.717, 1.165) is 40.0 Å². The molecule has 0 radical (unpaired) electrons. The summed E-state index contributed by atoms with van der Waals surface area (Å²) in [5.74, 6) is 1.82. The van der Waals surface area contributed by atoms with Crippen LogP contribution in [-0.4, -0.2) is 50.7 Å². The largest absolute Gasteiger partial charge is 0.381 e. The standard InChI is InChI=1S/C25H28N6O2S/c1-14(2)27-24(32)20-18(15-8-6-5-7-9-15)19-21(28-16-12-17(13-16)33-4)29-22(30-25(19)34-20)23-26-10-11-31(23)3/h5-11,14,16-17H,12-13H2,1-4H3,(H,27,32)(H,28,29,30). The van der Waals surface area contributed by atoms with Crippen molar-refractivity contribution >= 4 is 33.3 Å². The van der Waals surface area contributed by atoms with Gasteiger partial charge >= 0.3 is 0 Å². The quantitative estimate of drug-likeness (QED) is 0.408. The number of fused-ring (bicyclic) bond motifs is 1. The van der Waals surface area contributed by atoms with Gasteiger partial charge in [-0.25, -0.2) is 15.0 Å². The third-order valence-corrected chi connectivity index (χ3v) is 7.11. The Labute approximate surface area is 202 Å². The summed E-state index contributed by atoms with van der Waals surface area (Å²) in [4.78, 5) is 28.9. The molecular formula is C25H28N6O2S. The number of rotatable bonds is 7. The molecule has 1 fully saturated rings. The Morgan fingerprint density at radius 2 is 1.97 bits per heavy atom. The zero-order valence-electron chi connectivity index (χ0n) is 19.7. The fourth-order valence-electron chi connectivity index (χ4n) is 4.22. The van der Waals surface area contributed by atoms with Gasteiger partial charge in [-0.3, -0.25) is 4.79 Å². The Morgan fingerprint density at radius 3 is 2.62 bits per heavy atom. The summed E-state index contributed by atoms with van der Waals surface area (Å²) in [7, 11) is 3.67. The number of thiophene rings is 1.